The van der Waals surface area contributed by atoms with Crippen LogP contribution in [0.5, 0.6) is 0 Å². The van der Waals surface area contributed by atoms with Gasteiger partial charge in [0.15, 0.2) is 0 Å². The lowest BCUT2D eigenvalue weighted by atomic mass is 10.1. The van der Waals surface area contributed by atoms with Gasteiger partial charge in [-0.15, -0.1) is 6.58 Å². The standard InChI is InChI=1S/C20H20N2S/c1-4-10-17-11-8-9-14-19(17)22-16(3)20(15(2)21-22)23-18-12-6-5-7-13-18/h4-9,11-14H,1,10H2,2-3H3. The highest BCUT2D eigenvalue weighted by Gasteiger charge is 2.15. The molecule has 0 unspecified atom stereocenters. The van der Waals surface area contributed by atoms with E-state index in [1.807, 2.05) is 12.1 Å². The van der Waals surface area contributed by atoms with E-state index in [-0.39, 0.29) is 0 Å². The summed E-state index contributed by atoms with van der Waals surface area (Å²) in [6, 6.07) is 18.8. The van der Waals surface area contributed by atoms with Crippen molar-refractivity contribution in [2.24, 2.45) is 0 Å². The van der Waals surface area contributed by atoms with Gasteiger partial charge in [0.1, 0.15) is 0 Å². The summed E-state index contributed by atoms with van der Waals surface area (Å²) >= 11 is 1.77. The number of aromatic nitrogens is 2. The monoisotopic (exact) mass is 320 g/mol. The lowest BCUT2D eigenvalue weighted by molar-refractivity contribution is 0.823. The predicted molar refractivity (Wildman–Crippen MR) is 97.5 cm³/mol. The Morgan fingerprint density at radius 3 is 2.48 bits per heavy atom. The molecule has 0 spiro atoms. The van der Waals surface area contributed by atoms with Crippen LogP contribution >= 0.6 is 11.8 Å². The molecule has 0 amide bonds. The Balaban J connectivity index is 2.03. The minimum absolute atomic E-state index is 0.843. The highest BCUT2D eigenvalue weighted by Crippen LogP contribution is 2.34. The Labute approximate surface area is 141 Å². The summed E-state index contributed by atoms with van der Waals surface area (Å²) in [5.74, 6) is 0. The van der Waals surface area contributed by atoms with Gasteiger partial charge in [-0.1, -0.05) is 54.2 Å². The maximum absolute atomic E-state index is 4.78. The molecule has 0 saturated carbocycles. The number of allylic oxidation sites excluding steroid dienone is 1. The molecule has 2 nitrogen and oxygen atoms in total. The molecule has 0 bridgehead atoms. The normalized spacial score (nSPS) is 10.7. The summed E-state index contributed by atoms with van der Waals surface area (Å²) in [5, 5.41) is 4.78. The largest absolute Gasteiger partial charge is 0.236 e. The highest BCUT2D eigenvalue weighted by molar-refractivity contribution is 7.99. The molecule has 1 heterocycles. The van der Waals surface area contributed by atoms with Crippen LogP contribution in [-0.4, -0.2) is 9.78 Å². The summed E-state index contributed by atoms with van der Waals surface area (Å²) in [4.78, 5) is 2.46. The van der Waals surface area contributed by atoms with Crippen LogP contribution in [0.1, 0.15) is 17.0 Å². The Morgan fingerprint density at radius 1 is 1.04 bits per heavy atom. The molecular formula is C20H20N2S. The first kappa shape index (κ1) is 15.6. The van der Waals surface area contributed by atoms with Gasteiger partial charge in [0, 0.05) is 4.90 Å². The second kappa shape index (κ2) is 6.88. The lowest BCUT2D eigenvalue weighted by Crippen LogP contribution is -2.03. The Kier molecular flexibility index (Phi) is 4.68. The van der Waals surface area contributed by atoms with E-state index in [0.29, 0.717) is 0 Å². The number of rotatable bonds is 5. The molecule has 0 aliphatic heterocycles. The molecule has 2 aromatic carbocycles. The van der Waals surface area contributed by atoms with Crippen molar-refractivity contribution in [2.75, 3.05) is 0 Å². The fourth-order valence-electron chi connectivity index (χ4n) is 2.66. The number of aryl methyl sites for hydroxylation is 1. The smallest absolute Gasteiger partial charge is 0.0740 e. The van der Waals surface area contributed by atoms with Gasteiger partial charge >= 0.3 is 0 Å². The maximum Gasteiger partial charge on any atom is 0.0740 e. The van der Waals surface area contributed by atoms with E-state index >= 15 is 0 Å². The Morgan fingerprint density at radius 2 is 1.74 bits per heavy atom. The molecule has 0 N–H and O–H groups in total. The van der Waals surface area contributed by atoms with E-state index in [4.69, 9.17) is 5.10 Å². The Hall–Kier alpha value is -2.26. The topological polar surface area (TPSA) is 17.8 Å². The zero-order valence-corrected chi connectivity index (χ0v) is 14.3. The molecule has 23 heavy (non-hydrogen) atoms. The van der Waals surface area contributed by atoms with Crippen molar-refractivity contribution >= 4 is 11.8 Å². The van der Waals surface area contributed by atoms with Crippen LogP contribution in [0, 0.1) is 13.8 Å². The molecule has 0 fully saturated rings. The summed E-state index contributed by atoms with van der Waals surface area (Å²) in [7, 11) is 0. The minimum atomic E-state index is 0.843. The van der Waals surface area contributed by atoms with Gasteiger partial charge in [-0.25, -0.2) is 4.68 Å². The zero-order valence-electron chi connectivity index (χ0n) is 13.5. The SMILES string of the molecule is C=CCc1ccccc1-n1nc(C)c(Sc2ccccc2)c1C. The third-order valence-corrected chi connectivity index (χ3v) is 5.07. The van der Waals surface area contributed by atoms with Gasteiger partial charge in [0.25, 0.3) is 0 Å². The van der Waals surface area contributed by atoms with Crippen LogP contribution in [0.4, 0.5) is 0 Å². The average Bonchev–Trinajstić information content (AvgIpc) is 2.85. The Bertz CT molecular complexity index is 819. The summed E-state index contributed by atoms with van der Waals surface area (Å²) in [5.41, 5.74) is 4.61. The lowest BCUT2D eigenvalue weighted by Gasteiger charge is -2.10. The van der Waals surface area contributed by atoms with Crippen LogP contribution in [0.25, 0.3) is 5.69 Å². The molecule has 0 aliphatic carbocycles. The third-order valence-electron chi connectivity index (χ3n) is 3.77. The first-order valence-corrected chi connectivity index (χ1v) is 8.50. The quantitative estimate of drug-likeness (QED) is 0.588. The van der Waals surface area contributed by atoms with E-state index < -0.39 is 0 Å². The molecule has 3 aromatic rings. The first-order chi connectivity index (χ1) is 11.2. The van der Waals surface area contributed by atoms with Gasteiger partial charge in [-0.2, -0.15) is 5.10 Å². The van der Waals surface area contributed by atoms with Crippen LogP contribution in [0.2, 0.25) is 0 Å². The fraction of sp³-hybridized carbons (Fsp3) is 0.150. The van der Waals surface area contributed by atoms with Crippen molar-refractivity contribution in [3.8, 4) is 5.69 Å². The number of benzene rings is 2. The van der Waals surface area contributed by atoms with Gasteiger partial charge < -0.3 is 0 Å². The van der Waals surface area contributed by atoms with Crippen LogP contribution in [0.15, 0.2) is 77.0 Å². The second-order valence-corrected chi connectivity index (χ2v) is 6.53. The van der Waals surface area contributed by atoms with Crippen molar-refractivity contribution in [3.63, 3.8) is 0 Å². The number of hydrogen-bond acceptors (Lipinski definition) is 2. The molecule has 0 radical (unpaired) electrons. The van der Waals surface area contributed by atoms with Crippen molar-refractivity contribution in [3.05, 3.63) is 84.2 Å². The number of nitrogens with zero attached hydrogens (tertiary/aromatic N) is 2. The molecule has 0 saturated heterocycles. The van der Waals surface area contributed by atoms with Crippen molar-refractivity contribution in [1.82, 2.24) is 9.78 Å². The van der Waals surface area contributed by atoms with Gasteiger partial charge in [-0.05, 0) is 44.0 Å². The first-order valence-electron chi connectivity index (χ1n) is 7.69. The van der Waals surface area contributed by atoms with E-state index in [0.717, 1.165) is 17.8 Å². The van der Waals surface area contributed by atoms with Crippen LogP contribution in [0.3, 0.4) is 0 Å². The van der Waals surface area contributed by atoms with Gasteiger partial charge in [0.05, 0.1) is 22.0 Å². The zero-order chi connectivity index (χ0) is 16.2. The van der Waals surface area contributed by atoms with Gasteiger partial charge in [0.2, 0.25) is 0 Å². The number of para-hydroxylation sites is 1. The molecule has 116 valence electrons. The fourth-order valence-corrected chi connectivity index (χ4v) is 3.61. The minimum Gasteiger partial charge on any atom is -0.236 e. The van der Waals surface area contributed by atoms with Crippen molar-refractivity contribution in [1.29, 1.82) is 0 Å². The van der Waals surface area contributed by atoms with E-state index in [9.17, 15) is 0 Å². The highest BCUT2D eigenvalue weighted by atomic mass is 32.2. The van der Waals surface area contributed by atoms with Gasteiger partial charge in [-0.3, -0.25) is 0 Å². The molecule has 1 aromatic heterocycles. The number of hydrogen-bond donors (Lipinski definition) is 0. The van der Waals surface area contributed by atoms with Crippen LogP contribution < -0.4 is 0 Å². The van der Waals surface area contributed by atoms with E-state index in [1.54, 1.807) is 11.8 Å². The van der Waals surface area contributed by atoms with Crippen LogP contribution in [-0.2, 0) is 6.42 Å². The molecule has 0 atom stereocenters. The summed E-state index contributed by atoms with van der Waals surface area (Å²) in [6.07, 6.45) is 2.78. The third kappa shape index (κ3) is 3.25. The van der Waals surface area contributed by atoms with E-state index in [1.165, 1.54) is 21.0 Å². The molecule has 3 heteroatoms. The second-order valence-electron chi connectivity index (χ2n) is 5.45. The predicted octanol–water partition coefficient (Wildman–Crippen LogP) is 5.37. The molecular weight excluding hydrogens is 300 g/mol. The average molecular weight is 320 g/mol. The summed E-state index contributed by atoms with van der Waals surface area (Å²) < 4.78 is 2.05. The van der Waals surface area contributed by atoms with E-state index in [2.05, 4.69) is 73.6 Å². The molecule has 3 rings (SSSR count). The molecule has 0 aliphatic rings. The van der Waals surface area contributed by atoms with Crippen molar-refractivity contribution in [2.45, 2.75) is 30.1 Å². The maximum atomic E-state index is 4.78. The summed E-state index contributed by atoms with van der Waals surface area (Å²) in [6.45, 7) is 8.07. The van der Waals surface area contributed by atoms with Crippen molar-refractivity contribution < 1.29 is 0 Å².